The Balaban J connectivity index is 1.45. The molecule has 6 heteroatoms. The van der Waals surface area contributed by atoms with E-state index in [4.69, 9.17) is 0 Å². The second kappa shape index (κ2) is 8.28. The lowest BCUT2D eigenvalue weighted by Gasteiger charge is -2.23. The zero-order valence-electron chi connectivity index (χ0n) is 14.4. The van der Waals surface area contributed by atoms with E-state index >= 15 is 0 Å². The maximum absolute atomic E-state index is 12.1. The van der Waals surface area contributed by atoms with Crippen molar-refractivity contribution in [1.82, 2.24) is 20.3 Å². The molecule has 3 rings (SSSR count). The van der Waals surface area contributed by atoms with Crippen LogP contribution in [0.5, 0.6) is 0 Å². The number of hydrogen-bond donors (Lipinski definition) is 1. The van der Waals surface area contributed by atoms with Gasteiger partial charge in [-0.25, -0.2) is 4.68 Å². The van der Waals surface area contributed by atoms with Crippen LogP contribution in [0.2, 0.25) is 0 Å². The summed E-state index contributed by atoms with van der Waals surface area (Å²) in [7, 11) is 0. The quantitative estimate of drug-likeness (QED) is 0.642. The minimum absolute atomic E-state index is 0.0431. The molecule has 6 nitrogen and oxygen atoms in total. The number of para-hydroxylation sites is 2. The molecule has 0 unspecified atom stereocenters. The van der Waals surface area contributed by atoms with Crippen molar-refractivity contribution >= 4 is 22.6 Å². The van der Waals surface area contributed by atoms with Crippen molar-refractivity contribution in [3.63, 3.8) is 0 Å². The SMILES string of the molecule is CCN(CCCNC(=O)Cn1nnc2ccccc21)c1ccccc1. The van der Waals surface area contributed by atoms with E-state index in [1.807, 2.05) is 42.5 Å². The van der Waals surface area contributed by atoms with Crippen LogP contribution in [0.25, 0.3) is 11.0 Å². The smallest absolute Gasteiger partial charge is 0.241 e. The van der Waals surface area contributed by atoms with Gasteiger partial charge < -0.3 is 10.2 Å². The van der Waals surface area contributed by atoms with Crippen molar-refractivity contribution in [3.8, 4) is 0 Å². The highest BCUT2D eigenvalue weighted by atomic mass is 16.2. The largest absolute Gasteiger partial charge is 0.372 e. The molecule has 0 spiro atoms. The third-order valence-corrected chi connectivity index (χ3v) is 4.14. The molecule has 130 valence electrons. The van der Waals surface area contributed by atoms with Crippen LogP contribution < -0.4 is 10.2 Å². The first-order valence-corrected chi connectivity index (χ1v) is 8.63. The number of fused-ring (bicyclic) bond motifs is 1. The molecule has 2 aromatic carbocycles. The molecule has 1 N–H and O–H groups in total. The Bertz CT molecular complexity index is 815. The second-order valence-electron chi connectivity index (χ2n) is 5.85. The van der Waals surface area contributed by atoms with E-state index in [1.165, 1.54) is 5.69 Å². The first-order chi connectivity index (χ1) is 12.3. The highest BCUT2D eigenvalue weighted by molar-refractivity contribution is 5.79. The van der Waals surface area contributed by atoms with Crippen molar-refractivity contribution in [2.75, 3.05) is 24.5 Å². The summed E-state index contributed by atoms with van der Waals surface area (Å²) in [6.07, 6.45) is 0.895. The topological polar surface area (TPSA) is 63.1 Å². The number of aromatic nitrogens is 3. The normalized spacial score (nSPS) is 10.8. The Labute approximate surface area is 147 Å². The molecular weight excluding hydrogens is 314 g/mol. The molecule has 0 bridgehead atoms. The van der Waals surface area contributed by atoms with Gasteiger partial charge >= 0.3 is 0 Å². The van der Waals surface area contributed by atoms with E-state index in [9.17, 15) is 4.79 Å². The Morgan fingerprint density at radius 2 is 1.88 bits per heavy atom. The number of anilines is 1. The number of nitrogens with zero attached hydrogens (tertiary/aromatic N) is 4. The summed E-state index contributed by atoms with van der Waals surface area (Å²) >= 11 is 0. The van der Waals surface area contributed by atoms with Gasteiger partial charge in [-0.05, 0) is 37.6 Å². The molecule has 0 aliphatic heterocycles. The van der Waals surface area contributed by atoms with E-state index in [2.05, 4.69) is 39.6 Å². The van der Waals surface area contributed by atoms with Crippen LogP contribution in [0.15, 0.2) is 54.6 Å². The van der Waals surface area contributed by atoms with E-state index in [0.29, 0.717) is 6.54 Å². The molecule has 25 heavy (non-hydrogen) atoms. The summed E-state index contributed by atoms with van der Waals surface area (Å²) in [5, 5.41) is 11.1. The van der Waals surface area contributed by atoms with Gasteiger partial charge in [-0.15, -0.1) is 5.10 Å². The number of hydrogen-bond acceptors (Lipinski definition) is 4. The van der Waals surface area contributed by atoms with E-state index in [1.54, 1.807) is 4.68 Å². The third kappa shape index (κ3) is 4.35. The second-order valence-corrected chi connectivity index (χ2v) is 5.85. The number of rotatable bonds is 8. The Hall–Kier alpha value is -2.89. The Morgan fingerprint density at radius 1 is 1.12 bits per heavy atom. The zero-order chi connectivity index (χ0) is 17.5. The fourth-order valence-electron chi connectivity index (χ4n) is 2.83. The molecular formula is C19H23N5O. The van der Waals surface area contributed by atoms with Gasteiger partial charge in [-0.1, -0.05) is 35.5 Å². The Kier molecular flexibility index (Phi) is 5.61. The van der Waals surface area contributed by atoms with Crippen molar-refractivity contribution in [3.05, 3.63) is 54.6 Å². The van der Waals surface area contributed by atoms with E-state index < -0.39 is 0 Å². The van der Waals surface area contributed by atoms with Crippen molar-refractivity contribution in [2.45, 2.75) is 19.9 Å². The lowest BCUT2D eigenvalue weighted by Crippen LogP contribution is -2.32. The molecule has 0 atom stereocenters. The van der Waals surface area contributed by atoms with Crippen molar-refractivity contribution in [1.29, 1.82) is 0 Å². The first kappa shape index (κ1) is 17.0. The van der Waals surface area contributed by atoms with Gasteiger partial charge in [0.15, 0.2) is 0 Å². The first-order valence-electron chi connectivity index (χ1n) is 8.63. The molecule has 0 fully saturated rings. The maximum atomic E-state index is 12.1. The zero-order valence-corrected chi connectivity index (χ0v) is 14.4. The Morgan fingerprint density at radius 3 is 2.68 bits per heavy atom. The number of carbonyl (C=O) groups is 1. The predicted octanol–water partition coefficient (Wildman–Crippen LogP) is 2.46. The monoisotopic (exact) mass is 337 g/mol. The molecule has 1 amide bonds. The van der Waals surface area contributed by atoms with Gasteiger partial charge in [0.05, 0.1) is 5.52 Å². The van der Waals surface area contributed by atoms with Crippen LogP contribution in [0.3, 0.4) is 0 Å². The van der Waals surface area contributed by atoms with E-state index in [0.717, 1.165) is 30.5 Å². The summed E-state index contributed by atoms with van der Waals surface area (Å²) in [6.45, 7) is 4.84. The summed E-state index contributed by atoms with van der Waals surface area (Å²) in [5.74, 6) is -0.0431. The average molecular weight is 337 g/mol. The molecule has 1 heterocycles. The highest BCUT2D eigenvalue weighted by Crippen LogP contribution is 2.12. The lowest BCUT2D eigenvalue weighted by molar-refractivity contribution is -0.121. The molecule has 0 radical (unpaired) electrons. The average Bonchev–Trinajstić information content (AvgIpc) is 3.05. The number of benzene rings is 2. The standard InChI is InChI=1S/C19H23N5O/c1-2-23(16-9-4-3-5-10-16)14-8-13-20-19(25)15-24-18-12-7-6-11-17(18)21-22-24/h3-7,9-12H,2,8,13-15H2,1H3,(H,20,25). The lowest BCUT2D eigenvalue weighted by atomic mass is 10.2. The van der Waals surface area contributed by atoms with Crippen LogP contribution in [0, 0.1) is 0 Å². The van der Waals surface area contributed by atoms with Gasteiger partial charge in [-0.3, -0.25) is 4.79 Å². The van der Waals surface area contributed by atoms with E-state index in [-0.39, 0.29) is 12.5 Å². The molecule has 3 aromatic rings. The number of nitrogens with one attached hydrogen (secondary N) is 1. The van der Waals surface area contributed by atoms with Gasteiger partial charge in [0.25, 0.3) is 0 Å². The van der Waals surface area contributed by atoms with Gasteiger partial charge in [0.1, 0.15) is 12.1 Å². The maximum Gasteiger partial charge on any atom is 0.241 e. The van der Waals surface area contributed by atoms with Crippen molar-refractivity contribution in [2.24, 2.45) is 0 Å². The van der Waals surface area contributed by atoms with Gasteiger partial charge in [-0.2, -0.15) is 0 Å². The number of carbonyl (C=O) groups excluding carboxylic acids is 1. The molecule has 0 saturated carbocycles. The van der Waals surface area contributed by atoms with Crippen LogP contribution in [-0.4, -0.2) is 40.5 Å². The van der Waals surface area contributed by atoms with Crippen LogP contribution >= 0.6 is 0 Å². The summed E-state index contributed by atoms with van der Waals surface area (Å²) in [6, 6.07) is 18.0. The van der Waals surface area contributed by atoms with Gasteiger partial charge in [0.2, 0.25) is 5.91 Å². The van der Waals surface area contributed by atoms with Crippen molar-refractivity contribution < 1.29 is 4.79 Å². The molecule has 0 saturated heterocycles. The summed E-state index contributed by atoms with van der Waals surface area (Å²) < 4.78 is 1.63. The van der Waals surface area contributed by atoms with Crippen LogP contribution in [-0.2, 0) is 11.3 Å². The predicted molar refractivity (Wildman–Crippen MR) is 99.5 cm³/mol. The van der Waals surface area contributed by atoms with Crippen LogP contribution in [0.1, 0.15) is 13.3 Å². The fraction of sp³-hybridized carbons (Fsp3) is 0.316. The highest BCUT2D eigenvalue weighted by Gasteiger charge is 2.08. The molecule has 0 aliphatic rings. The minimum Gasteiger partial charge on any atom is -0.372 e. The minimum atomic E-state index is -0.0431. The summed E-state index contributed by atoms with van der Waals surface area (Å²) in [4.78, 5) is 14.4. The van der Waals surface area contributed by atoms with Crippen LogP contribution in [0.4, 0.5) is 5.69 Å². The van der Waals surface area contributed by atoms with Gasteiger partial charge in [0, 0.05) is 25.3 Å². The third-order valence-electron chi connectivity index (χ3n) is 4.14. The summed E-state index contributed by atoms with van der Waals surface area (Å²) in [5.41, 5.74) is 2.89. The fourth-order valence-corrected chi connectivity index (χ4v) is 2.83. The molecule has 1 aromatic heterocycles. The number of amides is 1. The molecule has 0 aliphatic carbocycles.